The van der Waals surface area contributed by atoms with Gasteiger partial charge < -0.3 is 29.3 Å². The van der Waals surface area contributed by atoms with Crippen molar-refractivity contribution in [1.29, 1.82) is 0 Å². The van der Waals surface area contributed by atoms with Crippen molar-refractivity contribution in [3.8, 4) is 17.2 Å². The van der Waals surface area contributed by atoms with Crippen LogP contribution in [-0.2, 0) is 14.4 Å². The Bertz CT molecular complexity index is 939. The summed E-state index contributed by atoms with van der Waals surface area (Å²) < 4.78 is 15.5. The van der Waals surface area contributed by atoms with E-state index in [-0.39, 0.29) is 19.6 Å². The summed E-state index contributed by atoms with van der Waals surface area (Å²) in [5, 5.41) is 2.70. The summed E-state index contributed by atoms with van der Waals surface area (Å²) in [7, 11) is 4.54. The van der Waals surface area contributed by atoms with E-state index in [1.807, 2.05) is 0 Å². The topological polar surface area (TPSA) is 97.4 Å². The van der Waals surface area contributed by atoms with Gasteiger partial charge in [-0.1, -0.05) is 6.07 Å². The molecule has 1 aliphatic rings. The number of hydrogen-bond acceptors (Lipinski definition) is 6. The maximum atomic E-state index is 12.6. The quantitative estimate of drug-likeness (QED) is 0.692. The first-order valence-electron chi connectivity index (χ1n) is 9.23. The lowest BCUT2D eigenvalue weighted by atomic mass is 10.2. The molecule has 30 heavy (non-hydrogen) atoms. The second-order valence-electron chi connectivity index (χ2n) is 6.53. The predicted molar refractivity (Wildman–Crippen MR) is 110 cm³/mol. The predicted octanol–water partition coefficient (Wildman–Crippen LogP) is 1.53. The molecule has 1 aliphatic heterocycles. The number of ether oxygens (including phenoxy) is 3. The highest BCUT2D eigenvalue weighted by Crippen LogP contribution is 2.26. The highest BCUT2D eigenvalue weighted by molar-refractivity contribution is 6.41. The fourth-order valence-corrected chi connectivity index (χ4v) is 3.10. The maximum absolute atomic E-state index is 12.6. The van der Waals surface area contributed by atoms with Crippen molar-refractivity contribution >= 4 is 29.1 Å². The molecule has 0 aliphatic carbocycles. The molecule has 9 nitrogen and oxygen atoms in total. The number of rotatable bonds is 7. The van der Waals surface area contributed by atoms with Crippen molar-refractivity contribution in [2.75, 3.05) is 51.2 Å². The maximum Gasteiger partial charge on any atom is 0.316 e. The van der Waals surface area contributed by atoms with E-state index in [4.69, 9.17) is 14.2 Å². The first kappa shape index (κ1) is 21.0. The Hall–Kier alpha value is -3.75. The lowest BCUT2D eigenvalue weighted by molar-refractivity contribution is -0.147. The van der Waals surface area contributed by atoms with Crippen molar-refractivity contribution in [1.82, 2.24) is 4.90 Å². The number of anilines is 2. The van der Waals surface area contributed by atoms with Crippen molar-refractivity contribution in [3.05, 3.63) is 42.5 Å². The normalized spacial score (nSPS) is 13.8. The molecule has 0 spiro atoms. The van der Waals surface area contributed by atoms with Gasteiger partial charge in [-0.2, -0.15) is 0 Å². The smallest absolute Gasteiger partial charge is 0.316 e. The number of carbonyl (C=O) groups excluding carboxylic acids is 3. The summed E-state index contributed by atoms with van der Waals surface area (Å²) in [4.78, 5) is 40.2. The Morgan fingerprint density at radius 1 is 0.900 bits per heavy atom. The summed E-state index contributed by atoms with van der Waals surface area (Å²) in [6.45, 7) is 0.269. The van der Waals surface area contributed by atoms with Gasteiger partial charge >= 0.3 is 11.8 Å². The summed E-state index contributed by atoms with van der Waals surface area (Å²) in [6, 6.07) is 11.9. The molecular weight excluding hydrogens is 390 g/mol. The molecule has 0 saturated carbocycles. The van der Waals surface area contributed by atoms with E-state index in [2.05, 4.69) is 5.32 Å². The molecule has 2 aromatic carbocycles. The Labute approximate surface area is 174 Å². The van der Waals surface area contributed by atoms with Crippen LogP contribution in [0, 0.1) is 0 Å². The third kappa shape index (κ3) is 4.62. The van der Waals surface area contributed by atoms with E-state index < -0.39 is 17.7 Å². The van der Waals surface area contributed by atoms with Crippen LogP contribution in [0.15, 0.2) is 42.5 Å². The third-order valence-corrected chi connectivity index (χ3v) is 4.64. The number of hydrogen-bond donors (Lipinski definition) is 1. The van der Waals surface area contributed by atoms with Gasteiger partial charge in [0.05, 0.1) is 21.3 Å². The molecule has 0 atom stereocenters. The molecule has 1 heterocycles. The molecule has 0 bridgehead atoms. The molecule has 1 fully saturated rings. The van der Waals surface area contributed by atoms with Crippen LogP contribution in [0.1, 0.15) is 0 Å². The molecule has 3 rings (SSSR count). The van der Waals surface area contributed by atoms with Crippen LogP contribution in [0.2, 0.25) is 0 Å². The van der Waals surface area contributed by atoms with Crippen molar-refractivity contribution < 1.29 is 28.6 Å². The Morgan fingerprint density at radius 3 is 2.20 bits per heavy atom. The van der Waals surface area contributed by atoms with Crippen LogP contribution in [0.4, 0.5) is 11.4 Å². The van der Waals surface area contributed by atoms with Gasteiger partial charge in [-0.15, -0.1) is 0 Å². The highest BCUT2D eigenvalue weighted by Gasteiger charge is 2.34. The molecule has 0 aromatic heterocycles. The van der Waals surface area contributed by atoms with Gasteiger partial charge in [0.2, 0.25) is 5.91 Å². The van der Waals surface area contributed by atoms with Gasteiger partial charge in [0.1, 0.15) is 23.8 Å². The fraction of sp³-hybridized carbons (Fsp3) is 0.286. The third-order valence-electron chi connectivity index (χ3n) is 4.64. The Morgan fingerprint density at radius 2 is 1.57 bits per heavy atom. The van der Waals surface area contributed by atoms with Crippen molar-refractivity contribution in [3.63, 3.8) is 0 Å². The van der Waals surface area contributed by atoms with E-state index in [1.165, 1.54) is 31.1 Å². The van der Waals surface area contributed by atoms with Crippen LogP contribution in [0.25, 0.3) is 0 Å². The molecule has 9 heteroatoms. The molecule has 1 N–H and O–H groups in total. The molecule has 1 saturated heterocycles. The number of amides is 3. The zero-order valence-corrected chi connectivity index (χ0v) is 17.0. The largest absolute Gasteiger partial charge is 0.497 e. The van der Waals surface area contributed by atoms with E-state index in [9.17, 15) is 14.4 Å². The minimum absolute atomic E-state index is 0.233. The SMILES string of the molecule is COc1cc(NC(=O)CN2CCN(c3cccc(OC)c3)C(=O)C2=O)cc(OC)c1. The van der Waals surface area contributed by atoms with Crippen LogP contribution in [-0.4, -0.2) is 63.6 Å². The summed E-state index contributed by atoms with van der Waals surface area (Å²) >= 11 is 0. The Kier molecular flexibility index (Phi) is 6.41. The number of nitrogens with zero attached hydrogens (tertiary/aromatic N) is 2. The lowest BCUT2D eigenvalue weighted by Gasteiger charge is -2.33. The van der Waals surface area contributed by atoms with Gasteiger partial charge in [-0.3, -0.25) is 14.4 Å². The van der Waals surface area contributed by atoms with Gasteiger partial charge in [0.15, 0.2) is 0 Å². The van der Waals surface area contributed by atoms with Crippen LogP contribution in [0.5, 0.6) is 17.2 Å². The number of piperazine rings is 1. The zero-order chi connectivity index (χ0) is 21.7. The molecule has 158 valence electrons. The Balaban J connectivity index is 1.65. The standard InChI is InChI=1S/C21H23N3O6/c1-28-16-6-4-5-15(11-16)24-8-7-23(20(26)21(24)27)13-19(25)22-14-9-17(29-2)12-18(10-14)30-3/h4-6,9-12H,7-8,13H2,1-3H3,(H,22,25). The molecule has 2 aromatic rings. The summed E-state index contributed by atoms with van der Waals surface area (Å²) in [6.07, 6.45) is 0. The first-order chi connectivity index (χ1) is 14.4. The molecule has 0 radical (unpaired) electrons. The van der Waals surface area contributed by atoms with E-state index in [0.717, 1.165) is 0 Å². The van der Waals surface area contributed by atoms with Crippen molar-refractivity contribution in [2.45, 2.75) is 0 Å². The first-order valence-corrected chi connectivity index (χ1v) is 9.23. The van der Waals surface area contributed by atoms with E-state index >= 15 is 0 Å². The van der Waals surface area contributed by atoms with Gasteiger partial charge in [0, 0.05) is 48.7 Å². The van der Waals surface area contributed by atoms with Crippen LogP contribution >= 0.6 is 0 Å². The van der Waals surface area contributed by atoms with Gasteiger partial charge in [-0.05, 0) is 12.1 Å². The summed E-state index contributed by atoms with van der Waals surface area (Å²) in [5.41, 5.74) is 1.03. The average molecular weight is 413 g/mol. The van der Waals surface area contributed by atoms with Crippen molar-refractivity contribution in [2.24, 2.45) is 0 Å². The van der Waals surface area contributed by atoms with E-state index in [1.54, 1.807) is 42.5 Å². The fourth-order valence-electron chi connectivity index (χ4n) is 3.10. The van der Waals surface area contributed by atoms with Gasteiger partial charge in [-0.25, -0.2) is 0 Å². The average Bonchev–Trinajstić information content (AvgIpc) is 2.76. The van der Waals surface area contributed by atoms with Crippen LogP contribution < -0.4 is 24.4 Å². The number of benzene rings is 2. The number of nitrogens with one attached hydrogen (secondary N) is 1. The zero-order valence-electron chi connectivity index (χ0n) is 17.0. The summed E-state index contributed by atoms with van der Waals surface area (Å²) in [5.74, 6) is -0.233. The molecular formula is C21H23N3O6. The minimum Gasteiger partial charge on any atom is -0.497 e. The number of carbonyl (C=O) groups is 3. The van der Waals surface area contributed by atoms with Gasteiger partial charge in [0.25, 0.3) is 0 Å². The number of methoxy groups -OCH3 is 3. The second-order valence-corrected chi connectivity index (χ2v) is 6.53. The lowest BCUT2D eigenvalue weighted by Crippen LogP contribution is -2.56. The highest BCUT2D eigenvalue weighted by atomic mass is 16.5. The van der Waals surface area contributed by atoms with E-state index in [0.29, 0.717) is 28.6 Å². The van der Waals surface area contributed by atoms with Crippen LogP contribution in [0.3, 0.4) is 0 Å². The monoisotopic (exact) mass is 413 g/mol. The molecule has 3 amide bonds. The minimum atomic E-state index is -0.734. The molecule has 0 unspecified atom stereocenters. The second kappa shape index (κ2) is 9.17.